The van der Waals surface area contributed by atoms with Crippen LogP contribution in [-0.4, -0.2) is 35.1 Å². The van der Waals surface area contributed by atoms with E-state index >= 15 is 0 Å². The highest BCUT2D eigenvalue weighted by Crippen LogP contribution is 2.20. The van der Waals surface area contributed by atoms with Gasteiger partial charge in [0.1, 0.15) is 11.6 Å². The minimum atomic E-state index is -1.53. The number of nitrogens with one attached hydrogen (secondary N) is 1. The van der Waals surface area contributed by atoms with E-state index in [0.717, 1.165) is 6.07 Å². The number of hydrogen-bond donors (Lipinski definition) is 2. The van der Waals surface area contributed by atoms with Gasteiger partial charge in [0.2, 0.25) is 0 Å². The van der Waals surface area contributed by atoms with E-state index in [1.807, 2.05) is 6.08 Å². The molecule has 2 rings (SSSR count). The van der Waals surface area contributed by atoms with Crippen LogP contribution in [0.1, 0.15) is 16.8 Å². The van der Waals surface area contributed by atoms with Crippen LogP contribution in [0.15, 0.2) is 24.3 Å². The van der Waals surface area contributed by atoms with Crippen LogP contribution in [0.2, 0.25) is 0 Å². The summed E-state index contributed by atoms with van der Waals surface area (Å²) in [6, 6.07) is 0.649. The number of aromatic carboxylic acids is 1. The lowest BCUT2D eigenvalue weighted by atomic mass is 10.2. The van der Waals surface area contributed by atoms with Gasteiger partial charge in [0, 0.05) is 19.2 Å². The van der Waals surface area contributed by atoms with Crippen LogP contribution in [-0.2, 0) is 0 Å². The number of carboxylic acid groups (broad SMARTS) is 1. The molecular formula is C13H12F2N2O3. The lowest BCUT2D eigenvalue weighted by molar-refractivity contribution is 0.0691. The number of hydrogen-bond acceptors (Lipinski definition) is 2. The Hall–Kier alpha value is -2.44. The summed E-state index contributed by atoms with van der Waals surface area (Å²) in [5.74, 6) is -3.73. The molecule has 106 valence electrons. The summed E-state index contributed by atoms with van der Waals surface area (Å²) < 4.78 is 26.8. The van der Waals surface area contributed by atoms with Gasteiger partial charge in [-0.3, -0.25) is 0 Å². The number of carbonyl (C=O) groups is 2. The maximum Gasteiger partial charge on any atom is 0.338 e. The van der Waals surface area contributed by atoms with E-state index in [2.05, 4.69) is 5.32 Å². The minimum Gasteiger partial charge on any atom is -0.478 e. The van der Waals surface area contributed by atoms with Crippen molar-refractivity contribution >= 4 is 17.7 Å². The van der Waals surface area contributed by atoms with Gasteiger partial charge in [0.25, 0.3) is 0 Å². The number of anilines is 1. The molecule has 1 aliphatic heterocycles. The Morgan fingerprint density at radius 3 is 2.55 bits per heavy atom. The smallest absolute Gasteiger partial charge is 0.338 e. The number of carboxylic acids is 1. The summed E-state index contributed by atoms with van der Waals surface area (Å²) in [7, 11) is 0. The molecule has 1 aliphatic rings. The molecule has 1 aromatic carbocycles. The summed E-state index contributed by atoms with van der Waals surface area (Å²) in [6.07, 6.45) is 4.41. The first-order chi connectivity index (χ1) is 9.49. The number of amides is 2. The van der Waals surface area contributed by atoms with Crippen LogP contribution >= 0.6 is 0 Å². The highest BCUT2D eigenvalue weighted by atomic mass is 19.1. The molecule has 0 saturated carbocycles. The van der Waals surface area contributed by atoms with Gasteiger partial charge in [-0.2, -0.15) is 0 Å². The normalized spacial score (nSPS) is 14.2. The van der Waals surface area contributed by atoms with E-state index in [0.29, 0.717) is 25.6 Å². The quantitative estimate of drug-likeness (QED) is 0.819. The molecule has 0 atom stereocenters. The first-order valence-electron chi connectivity index (χ1n) is 5.92. The third kappa shape index (κ3) is 2.93. The molecule has 1 aromatic rings. The van der Waals surface area contributed by atoms with E-state index in [-0.39, 0.29) is 5.69 Å². The summed E-state index contributed by atoms with van der Waals surface area (Å²) in [5.41, 5.74) is -1.05. The standard InChI is InChI=1S/C13H12F2N2O3/c14-9-7-10(15)11(6-8(9)12(18)19)16-13(20)17-4-2-1-3-5-17/h1-2,6-7H,3-5H2,(H,16,20)(H,18,19). The van der Waals surface area contributed by atoms with Crippen LogP contribution in [0.3, 0.4) is 0 Å². The molecule has 0 bridgehead atoms. The molecule has 20 heavy (non-hydrogen) atoms. The van der Waals surface area contributed by atoms with Gasteiger partial charge >= 0.3 is 12.0 Å². The Kier molecular flexibility index (Phi) is 3.97. The topological polar surface area (TPSA) is 69.6 Å². The molecule has 1 heterocycles. The third-order valence-electron chi connectivity index (χ3n) is 2.87. The first-order valence-corrected chi connectivity index (χ1v) is 5.92. The zero-order chi connectivity index (χ0) is 14.7. The monoisotopic (exact) mass is 282 g/mol. The molecule has 0 fully saturated rings. The van der Waals surface area contributed by atoms with Gasteiger partial charge in [-0.25, -0.2) is 18.4 Å². The van der Waals surface area contributed by atoms with Crippen LogP contribution in [0, 0.1) is 11.6 Å². The SMILES string of the molecule is O=C(O)c1cc(NC(=O)N2CC=CCC2)c(F)cc1F. The summed E-state index contributed by atoms with van der Waals surface area (Å²) >= 11 is 0. The molecule has 0 aliphatic carbocycles. The summed E-state index contributed by atoms with van der Waals surface area (Å²) in [4.78, 5) is 24.1. The zero-order valence-corrected chi connectivity index (χ0v) is 10.4. The van der Waals surface area contributed by atoms with Crippen molar-refractivity contribution < 1.29 is 23.5 Å². The maximum absolute atomic E-state index is 13.5. The minimum absolute atomic E-state index is 0.358. The largest absolute Gasteiger partial charge is 0.478 e. The molecule has 0 unspecified atom stereocenters. The average molecular weight is 282 g/mol. The van der Waals surface area contributed by atoms with Crippen molar-refractivity contribution in [2.45, 2.75) is 6.42 Å². The fourth-order valence-electron chi connectivity index (χ4n) is 1.83. The predicted octanol–water partition coefficient (Wildman–Crippen LogP) is 2.46. The fourth-order valence-corrected chi connectivity index (χ4v) is 1.83. The highest BCUT2D eigenvalue weighted by molar-refractivity contribution is 5.93. The van der Waals surface area contributed by atoms with Crippen LogP contribution in [0.25, 0.3) is 0 Å². The number of benzene rings is 1. The second-order valence-electron chi connectivity index (χ2n) is 4.25. The number of halogens is 2. The van der Waals surface area contributed by atoms with E-state index in [1.165, 1.54) is 4.90 Å². The van der Waals surface area contributed by atoms with E-state index < -0.39 is 29.2 Å². The molecule has 0 spiro atoms. The first kappa shape index (κ1) is 14.0. The van der Waals surface area contributed by atoms with Crippen molar-refractivity contribution in [2.24, 2.45) is 0 Å². The van der Waals surface area contributed by atoms with Crippen molar-refractivity contribution in [1.29, 1.82) is 0 Å². The number of rotatable bonds is 2. The van der Waals surface area contributed by atoms with Gasteiger partial charge in [-0.15, -0.1) is 0 Å². The number of urea groups is 1. The van der Waals surface area contributed by atoms with Crippen molar-refractivity contribution in [2.75, 3.05) is 18.4 Å². The number of nitrogens with zero attached hydrogens (tertiary/aromatic N) is 1. The van der Waals surface area contributed by atoms with Crippen molar-refractivity contribution in [3.05, 3.63) is 41.5 Å². The molecule has 7 heteroatoms. The zero-order valence-electron chi connectivity index (χ0n) is 10.4. The Labute approximate surface area is 113 Å². The predicted molar refractivity (Wildman–Crippen MR) is 67.7 cm³/mol. The second kappa shape index (κ2) is 5.68. The molecule has 5 nitrogen and oxygen atoms in total. The van der Waals surface area contributed by atoms with Gasteiger partial charge in [-0.05, 0) is 12.5 Å². The van der Waals surface area contributed by atoms with Crippen molar-refractivity contribution in [3.8, 4) is 0 Å². The summed E-state index contributed by atoms with van der Waals surface area (Å²) in [6.45, 7) is 0.872. The molecular weight excluding hydrogens is 270 g/mol. The van der Waals surface area contributed by atoms with Crippen LogP contribution in [0.5, 0.6) is 0 Å². The van der Waals surface area contributed by atoms with Crippen LogP contribution in [0.4, 0.5) is 19.3 Å². The van der Waals surface area contributed by atoms with Gasteiger partial charge in [0.15, 0.2) is 0 Å². The Bertz CT molecular complexity index is 587. The Balaban J connectivity index is 2.20. The summed E-state index contributed by atoms with van der Waals surface area (Å²) in [5, 5.41) is 11.0. The van der Waals surface area contributed by atoms with Gasteiger partial charge in [0.05, 0.1) is 11.3 Å². The Morgan fingerprint density at radius 1 is 1.20 bits per heavy atom. The van der Waals surface area contributed by atoms with E-state index in [4.69, 9.17) is 5.11 Å². The average Bonchev–Trinajstić information content (AvgIpc) is 2.42. The van der Waals surface area contributed by atoms with E-state index in [1.54, 1.807) is 6.08 Å². The second-order valence-corrected chi connectivity index (χ2v) is 4.25. The molecule has 2 N–H and O–H groups in total. The lowest BCUT2D eigenvalue weighted by Gasteiger charge is -2.23. The lowest BCUT2D eigenvalue weighted by Crippen LogP contribution is -2.37. The molecule has 2 amide bonds. The molecule has 0 aromatic heterocycles. The molecule has 0 saturated heterocycles. The molecule has 0 radical (unpaired) electrons. The number of carbonyl (C=O) groups excluding carboxylic acids is 1. The fraction of sp³-hybridized carbons (Fsp3) is 0.231. The highest BCUT2D eigenvalue weighted by Gasteiger charge is 2.19. The van der Waals surface area contributed by atoms with E-state index in [9.17, 15) is 18.4 Å². The van der Waals surface area contributed by atoms with Gasteiger partial charge in [-0.1, -0.05) is 12.2 Å². The third-order valence-corrected chi connectivity index (χ3v) is 2.87. The van der Waals surface area contributed by atoms with Gasteiger partial charge < -0.3 is 15.3 Å². The Morgan fingerprint density at radius 2 is 1.95 bits per heavy atom. The maximum atomic E-state index is 13.5. The van der Waals surface area contributed by atoms with Crippen molar-refractivity contribution in [1.82, 2.24) is 4.90 Å². The van der Waals surface area contributed by atoms with Crippen LogP contribution < -0.4 is 5.32 Å². The van der Waals surface area contributed by atoms with Crippen molar-refractivity contribution in [3.63, 3.8) is 0 Å².